The molecule has 6 nitrogen and oxygen atoms in total. The summed E-state index contributed by atoms with van der Waals surface area (Å²) >= 11 is 1.47. The van der Waals surface area contributed by atoms with E-state index in [2.05, 4.69) is 15.3 Å². The van der Waals surface area contributed by atoms with Gasteiger partial charge in [-0.3, -0.25) is 9.78 Å². The fourth-order valence-corrected chi connectivity index (χ4v) is 4.54. The number of nitrogens with zero attached hydrogens (tertiary/aromatic N) is 2. The number of pyridine rings is 1. The number of rotatable bonds is 6. The zero-order chi connectivity index (χ0) is 21.4. The van der Waals surface area contributed by atoms with Gasteiger partial charge in [-0.1, -0.05) is 0 Å². The first-order chi connectivity index (χ1) is 14.3. The summed E-state index contributed by atoms with van der Waals surface area (Å²) in [5, 5.41) is 5.74. The third kappa shape index (κ3) is 4.75. The van der Waals surface area contributed by atoms with Crippen LogP contribution in [0.1, 0.15) is 58.4 Å². The van der Waals surface area contributed by atoms with Crippen LogP contribution in [-0.4, -0.2) is 41.9 Å². The molecule has 2 aliphatic rings. The largest absolute Gasteiger partial charge is 0.484 e. The summed E-state index contributed by atoms with van der Waals surface area (Å²) in [7, 11) is 0. The van der Waals surface area contributed by atoms with Gasteiger partial charge in [-0.15, -0.1) is 11.3 Å². The average molecular weight is 441 g/mol. The van der Waals surface area contributed by atoms with Crippen molar-refractivity contribution in [3.8, 4) is 5.75 Å². The van der Waals surface area contributed by atoms with Crippen molar-refractivity contribution in [1.29, 1.82) is 0 Å². The molecule has 2 aromatic heterocycles. The summed E-state index contributed by atoms with van der Waals surface area (Å²) in [5.41, 5.74) is 0.825. The maximum Gasteiger partial charge on any atom is 0.422 e. The molecule has 3 heterocycles. The molecule has 30 heavy (non-hydrogen) atoms. The van der Waals surface area contributed by atoms with Crippen molar-refractivity contribution in [2.24, 2.45) is 0 Å². The average Bonchev–Trinajstić information content (AvgIpc) is 3.46. The molecule has 0 atom stereocenters. The van der Waals surface area contributed by atoms with Crippen molar-refractivity contribution < 1.29 is 27.4 Å². The molecule has 2 fully saturated rings. The summed E-state index contributed by atoms with van der Waals surface area (Å²) in [5.74, 6) is -0.261. The van der Waals surface area contributed by atoms with Gasteiger partial charge >= 0.3 is 6.18 Å². The maximum atomic E-state index is 13.0. The van der Waals surface area contributed by atoms with Crippen LogP contribution in [0.15, 0.2) is 17.6 Å². The standard InChI is InChI=1S/C20H22F3N3O3S/c1-12-10-30-18(25-12)19(4-6-28-7-5-19)26-17(27)15-8-16(29-11-20(21,22)23)14(9-24-15)13-2-3-13/h8-10,13H,2-7,11H2,1H3,(H,26,27). The summed E-state index contributed by atoms with van der Waals surface area (Å²) in [6.45, 7) is 1.44. The number of thiazole rings is 1. The topological polar surface area (TPSA) is 73.3 Å². The van der Waals surface area contributed by atoms with Crippen LogP contribution in [0.2, 0.25) is 0 Å². The van der Waals surface area contributed by atoms with Gasteiger partial charge in [0.25, 0.3) is 5.91 Å². The van der Waals surface area contributed by atoms with Crippen LogP contribution in [0.3, 0.4) is 0 Å². The Labute approximate surface area is 175 Å². The summed E-state index contributed by atoms with van der Waals surface area (Å²) in [4.78, 5) is 21.8. The number of hydrogen-bond acceptors (Lipinski definition) is 6. The Morgan fingerprint density at radius 1 is 1.37 bits per heavy atom. The second-order valence-electron chi connectivity index (χ2n) is 7.73. The molecule has 1 aliphatic carbocycles. The molecule has 2 aromatic rings. The van der Waals surface area contributed by atoms with Gasteiger partial charge in [0, 0.05) is 55.0 Å². The molecule has 10 heteroatoms. The lowest BCUT2D eigenvalue weighted by molar-refractivity contribution is -0.153. The van der Waals surface area contributed by atoms with E-state index in [4.69, 9.17) is 9.47 Å². The number of hydrogen-bond donors (Lipinski definition) is 1. The number of nitrogens with one attached hydrogen (secondary N) is 1. The molecular formula is C20H22F3N3O3S. The van der Waals surface area contributed by atoms with Gasteiger partial charge in [-0.2, -0.15) is 13.2 Å². The zero-order valence-corrected chi connectivity index (χ0v) is 17.2. The van der Waals surface area contributed by atoms with Gasteiger partial charge < -0.3 is 14.8 Å². The summed E-state index contributed by atoms with van der Waals surface area (Å²) in [6, 6.07) is 1.31. The molecule has 1 aliphatic heterocycles. The van der Waals surface area contributed by atoms with Crippen LogP contribution >= 0.6 is 11.3 Å². The number of carbonyl (C=O) groups excluding carboxylic acids is 1. The SMILES string of the molecule is Cc1csc(C2(NC(=O)c3cc(OCC(F)(F)F)c(C4CC4)cn3)CCOCC2)n1. The maximum absolute atomic E-state index is 13.0. The molecule has 0 unspecified atom stereocenters. The van der Waals surface area contributed by atoms with Gasteiger partial charge in [-0.25, -0.2) is 4.98 Å². The highest BCUT2D eigenvalue weighted by Gasteiger charge is 2.39. The number of aryl methyl sites for hydroxylation is 1. The lowest BCUT2D eigenvalue weighted by Gasteiger charge is -2.36. The lowest BCUT2D eigenvalue weighted by atomic mass is 9.90. The molecule has 1 saturated heterocycles. The minimum Gasteiger partial charge on any atom is -0.484 e. The Hall–Kier alpha value is -2.20. The number of amides is 1. The second-order valence-corrected chi connectivity index (χ2v) is 8.59. The van der Waals surface area contributed by atoms with Crippen molar-refractivity contribution in [3.05, 3.63) is 39.6 Å². The van der Waals surface area contributed by atoms with Crippen LogP contribution in [0, 0.1) is 6.92 Å². The van der Waals surface area contributed by atoms with E-state index < -0.39 is 24.2 Å². The Kier molecular flexibility index (Phi) is 5.71. The molecule has 0 radical (unpaired) electrons. The molecule has 0 spiro atoms. The number of halogens is 3. The molecule has 0 bridgehead atoms. The van der Waals surface area contributed by atoms with Gasteiger partial charge in [0.15, 0.2) is 6.61 Å². The number of aromatic nitrogens is 2. The molecule has 1 N–H and O–H groups in total. The van der Waals surface area contributed by atoms with E-state index >= 15 is 0 Å². The van der Waals surface area contributed by atoms with Crippen molar-refractivity contribution in [3.63, 3.8) is 0 Å². The van der Waals surface area contributed by atoms with Crippen LogP contribution in [0.4, 0.5) is 13.2 Å². The predicted octanol–water partition coefficient (Wildman–Crippen LogP) is 4.10. The lowest BCUT2D eigenvalue weighted by Crippen LogP contribution is -2.49. The van der Waals surface area contributed by atoms with Crippen LogP contribution in [0.25, 0.3) is 0 Å². The first-order valence-electron chi connectivity index (χ1n) is 9.78. The molecule has 1 amide bonds. The van der Waals surface area contributed by atoms with Crippen molar-refractivity contribution in [2.45, 2.75) is 50.2 Å². The van der Waals surface area contributed by atoms with E-state index in [9.17, 15) is 18.0 Å². The normalized spacial score (nSPS) is 18.8. The van der Waals surface area contributed by atoms with Crippen molar-refractivity contribution in [1.82, 2.24) is 15.3 Å². The monoisotopic (exact) mass is 441 g/mol. The van der Waals surface area contributed by atoms with E-state index in [0.717, 1.165) is 23.5 Å². The number of ether oxygens (including phenoxy) is 2. The smallest absolute Gasteiger partial charge is 0.422 e. The minimum absolute atomic E-state index is 0.0238. The Bertz CT molecular complexity index is 922. The quantitative estimate of drug-likeness (QED) is 0.731. The third-order valence-corrected chi connectivity index (χ3v) is 6.43. The van der Waals surface area contributed by atoms with E-state index in [1.165, 1.54) is 23.6 Å². The Balaban J connectivity index is 1.58. The molecular weight excluding hydrogens is 419 g/mol. The molecule has 1 saturated carbocycles. The van der Waals surface area contributed by atoms with E-state index in [1.807, 2.05) is 12.3 Å². The summed E-state index contributed by atoms with van der Waals surface area (Å²) < 4.78 is 48.5. The van der Waals surface area contributed by atoms with Gasteiger partial charge in [-0.05, 0) is 25.7 Å². The van der Waals surface area contributed by atoms with Crippen molar-refractivity contribution in [2.75, 3.05) is 19.8 Å². The first-order valence-corrected chi connectivity index (χ1v) is 10.7. The van der Waals surface area contributed by atoms with Crippen LogP contribution in [0.5, 0.6) is 5.75 Å². The highest BCUT2D eigenvalue weighted by molar-refractivity contribution is 7.09. The number of carbonyl (C=O) groups is 1. The highest BCUT2D eigenvalue weighted by Crippen LogP contribution is 2.44. The molecule has 0 aromatic carbocycles. The van der Waals surface area contributed by atoms with Gasteiger partial charge in [0.1, 0.15) is 16.5 Å². The number of alkyl halides is 3. The predicted molar refractivity (Wildman–Crippen MR) is 104 cm³/mol. The van der Waals surface area contributed by atoms with Crippen molar-refractivity contribution >= 4 is 17.2 Å². The summed E-state index contributed by atoms with van der Waals surface area (Å²) in [6.07, 6.45) is -0.124. The Morgan fingerprint density at radius 2 is 2.10 bits per heavy atom. The minimum atomic E-state index is -4.46. The van der Waals surface area contributed by atoms with Crippen LogP contribution in [-0.2, 0) is 10.3 Å². The molecule has 4 rings (SSSR count). The van der Waals surface area contributed by atoms with E-state index in [1.54, 1.807) is 0 Å². The zero-order valence-electron chi connectivity index (χ0n) is 16.4. The highest BCUT2D eigenvalue weighted by atomic mass is 32.1. The first kappa shape index (κ1) is 21.0. The van der Waals surface area contributed by atoms with E-state index in [0.29, 0.717) is 31.6 Å². The third-order valence-electron chi connectivity index (χ3n) is 5.26. The van der Waals surface area contributed by atoms with E-state index in [-0.39, 0.29) is 17.4 Å². The molecule has 162 valence electrons. The fraction of sp³-hybridized carbons (Fsp3) is 0.550. The van der Waals surface area contributed by atoms with Gasteiger partial charge in [0.2, 0.25) is 0 Å². The van der Waals surface area contributed by atoms with Gasteiger partial charge in [0.05, 0.1) is 5.54 Å². The second kappa shape index (κ2) is 8.14. The Morgan fingerprint density at radius 3 is 2.70 bits per heavy atom. The fourth-order valence-electron chi connectivity index (χ4n) is 3.52. The van der Waals surface area contributed by atoms with Crippen LogP contribution < -0.4 is 10.1 Å².